The molecule has 1 aliphatic rings. The summed E-state index contributed by atoms with van der Waals surface area (Å²) in [4.78, 5) is 31.1. The Kier molecular flexibility index (Phi) is 6.99. The van der Waals surface area contributed by atoms with E-state index in [1.54, 1.807) is 28.5 Å². The fourth-order valence-electron chi connectivity index (χ4n) is 3.91. The number of sulfone groups is 1. The lowest BCUT2D eigenvalue weighted by atomic mass is 10.2. The molecule has 34 heavy (non-hydrogen) atoms. The number of anilines is 2. The number of rotatable bonds is 6. The summed E-state index contributed by atoms with van der Waals surface area (Å²) in [5, 5.41) is 3.57. The van der Waals surface area contributed by atoms with Gasteiger partial charge in [0, 0.05) is 43.5 Å². The molecule has 1 aliphatic heterocycles. The molecule has 10 heteroatoms. The first-order valence-corrected chi connectivity index (χ1v) is 13.5. The van der Waals surface area contributed by atoms with E-state index in [0.717, 1.165) is 12.3 Å². The summed E-state index contributed by atoms with van der Waals surface area (Å²) in [5.74, 6) is -1.06. The minimum absolute atomic E-state index is 0.0658. The Morgan fingerprint density at radius 3 is 2.35 bits per heavy atom. The van der Waals surface area contributed by atoms with Gasteiger partial charge in [0.2, 0.25) is 5.91 Å². The minimum atomic E-state index is -3.62. The van der Waals surface area contributed by atoms with Crippen LogP contribution in [-0.2, 0) is 14.6 Å². The molecule has 4 rings (SSSR count). The highest BCUT2D eigenvalue weighted by atomic mass is 32.2. The van der Waals surface area contributed by atoms with E-state index < -0.39 is 15.7 Å². The first-order valence-electron chi connectivity index (χ1n) is 10.7. The van der Waals surface area contributed by atoms with Crippen LogP contribution in [0.4, 0.5) is 15.8 Å². The van der Waals surface area contributed by atoms with E-state index in [-0.39, 0.29) is 23.3 Å². The average Bonchev–Trinajstić information content (AvgIpc) is 3.37. The molecule has 1 aromatic heterocycles. The van der Waals surface area contributed by atoms with E-state index in [0.29, 0.717) is 43.1 Å². The van der Waals surface area contributed by atoms with Crippen LogP contribution < -0.4 is 9.80 Å². The van der Waals surface area contributed by atoms with E-state index in [9.17, 15) is 22.4 Å². The van der Waals surface area contributed by atoms with Gasteiger partial charge in [-0.1, -0.05) is 18.2 Å². The van der Waals surface area contributed by atoms with Gasteiger partial charge in [-0.25, -0.2) is 12.8 Å². The van der Waals surface area contributed by atoms with Crippen LogP contribution in [0.15, 0.2) is 70.3 Å². The van der Waals surface area contributed by atoms with Crippen LogP contribution in [0.5, 0.6) is 0 Å². The lowest BCUT2D eigenvalue weighted by Crippen LogP contribution is -2.52. The fourth-order valence-corrected chi connectivity index (χ4v) is 5.44. The van der Waals surface area contributed by atoms with Crippen molar-refractivity contribution >= 4 is 44.4 Å². The van der Waals surface area contributed by atoms with Crippen molar-refractivity contribution in [1.29, 1.82) is 0 Å². The van der Waals surface area contributed by atoms with E-state index in [1.165, 1.54) is 28.4 Å². The third-order valence-electron chi connectivity index (χ3n) is 5.67. The van der Waals surface area contributed by atoms with E-state index in [1.807, 2.05) is 28.5 Å². The molecule has 0 bridgehead atoms. The summed E-state index contributed by atoms with van der Waals surface area (Å²) in [6, 6.07) is 14.5. The van der Waals surface area contributed by atoms with Crippen molar-refractivity contribution in [2.45, 2.75) is 4.90 Å². The highest BCUT2D eigenvalue weighted by molar-refractivity contribution is 7.90. The number of halogens is 1. The molecule has 1 saturated heterocycles. The van der Waals surface area contributed by atoms with Crippen molar-refractivity contribution < 1.29 is 22.4 Å². The zero-order valence-corrected chi connectivity index (χ0v) is 20.2. The molecule has 1 fully saturated rings. The van der Waals surface area contributed by atoms with Crippen LogP contribution >= 0.6 is 11.3 Å². The van der Waals surface area contributed by atoms with Gasteiger partial charge in [-0.05, 0) is 41.8 Å². The number of benzene rings is 2. The Morgan fingerprint density at radius 1 is 1.03 bits per heavy atom. The van der Waals surface area contributed by atoms with Gasteiger partial charge in [0.1, 0.15) is 12.4 Å². The number of hydrogen-bond donors (Lipinski definition) is 0. The SMILES string of the molecule is CS(=O)(=O)c1cc(F)ccc1N1CCN(C(=O)CN(C(=O)c2ccsc2)c2ccccc2)CC1. The summed E-state index contributed by atoms with van der Waals surface area (Å²) in [6.45, 7) is 1.39. The Hall–Kier alpha value is -3.24. The van der Waals surface area contributed by atoms with Crippen molar-refractivity contribution in [2.24, 2.45) is 0 Å². The average molecular weight is 502 g/mol. The van der Waals surface area contributed by atoms with Gasteiger partial charge in [-0.15, -0.1) is 0 Å². The molecule has 0 atom stereocenters. The van der Waals surface area contributed by atoms with Crippen molar-refractivity contribution in [3.8, 4) is 0 Å². The number of piperazine rings is 1. The van der Waals surface area contributed by atoms with Crippen LogP contribution in [-0.4, -0.2) is 64.1 Å². The van der Waals surface area contributed by atoms with E-state index >= 15 is 0 Å². The van der Waals surface area contributed by atoms with E-state index in [4.69, 9.17) is 0 Å². The molecule has 2 amide bonds. The highest BCUT2D eigenvalue weighted by Crippen LogP contribution is 2.27. The van der Waals surface area contributed by atoms with Gasteiger partial charge < -0.3 is 9.80 Å². The minimum Gasteiger partial charge on any atom is -0.367 e. The quantitative estimate of drug-likeness (QED) is 0.518. The number of thiophene rings is 1. The predicted molar refractivity (Wildman–Crippen MR) is 131 cm³/mol. The normalized spacial score (nSPS) is 14.2. The van der Waals surface area contributed by atoms with Crippen LogP contribution in [0.1, 0.15) is 10.4 Å². The molecule has 7 nitrogen and oxygen atoms in total. The molecule has 2 aromatic carbocycles. The number of hydrogen-bond acceptors (Lipinski definition) is 6. The molecule has 0 aliphatic carbocycles. The lowest BCUT2D eigenvalue weighted by Gasteiger charge is -2.37. The maximum atomic E-state index is 13.7. The molecule has 0 spiro atoms. The van der Waals surface area contributed by atoms with Crippen LogP contribution in [0.3, 0.4) is 0 Å². The van der Waals surface area contributed by atoms with Crippen molar-refractivity contribution in [3.05, 3.63) is 76.7 Å². The maximum Gasteiger partial charge on any atom is 0.259 e. The summed E-state index contributed by atoms with van der Waals surface area (Å²) >= 11 is 1.41. The molecule has 2 heterocycles. The first kappa shape index (κ1) is 23.9. The smallest absolute Gasteiger partial charge is 0.259 e. The molecule has 0 N–H and O–H groups in total. The number of amides is 2. The summed E-state index contributed by atoms with van der Waals surface area (Å²) in [5.41, 5.74) is 1.58. The summed E-state index contributed by atoms with van der Waals surface area (Å²) < 4.78 is 38.0. The maximum absolute atomic E-state index is 13.7. The third kappa shape index (κ3) is 5.28. The van der Waals surface area contributed by atoms with E-state index in [2.05, 4.69) is 0 Å². The van der Waals surface area contributed by atoms with Crippen LogP contribution in [0.25, 0.3) is 0 Å². The Labute approximate surface area is 201 Å². The predicted octanol–water partition coefficient (Wildman–Crippen LogP) is 3.29. The van der Waals surface area contributed by atoms with Crippen LogP contribution in [0, 0.1) is 5.82 Å². The molecule has 178 valence electrons. The number of para-hydroxylation sites is 1. The Bertz CT molecular complexity index is 1270. The molecule has 3 aromatic rings. The zero-order chi connectivity index (χ0) is 24.3. The first-order chi connectivity index (χ1) is 16.2. The van der Waals surface area contributed by atoms with Gasteiger partial charge in [0.05, 0.1) is 16.1 Å². The molecule has 0 unspecified atom stereocenters. The van der Waals surface area contributed by atoms with Crippen molar-refractivity contribution in [2.75, 3.05) is 48.8 Å². The molecular formula is C24H24FN3O4S2. The highest BCUT2D eigenvalue weighted by Gasteiger charge is 2.28. The third-order valence-corrected chi connectivity index (χ3v) is 7.48. The topological polar surface area (TPSA) is 78.0 Å². The van der Waals surface area contributed by atoms with Gasteiger partial charge >= 0.3 is 0 Å². The number of nitrogens with zero attached hydrogens (tertiary/aromatic N) is 3. The summed E-state index contributed by atoms with van der Waals surface area (Å²) in [7, 11) is -3.62. The van der Waals surface area contributed by atoms with Crippen molar-refractivity contribution in [1.82, 2.24) is 4.90 Å². The van der Waals surface area contributed by atoms with Crippen molar-refractivity contribution in [3.63, 3.8) is 0 Å². The van der Waals surface area contributed by atoms with Crippen LogP contribution in [0.2, 0.25) is 0 Å². The second kappa shape index (κ2) is 9.94. The largest absolute Gasteiger partial charge is 0.367 e. The standard InChI is InChI=1S/C24H24FN3O4S2/c1-34(31,32)22-15-19(25)7-8-21(22)26-10-12-27(13-11-26)23(29)16-28(20-5-3-2-4-6-20)24(30)18-9-14-33-17-18/h2-9,14-15,17H,10-13,16H2,1H3. The fraction of sp³-hybridized carbons (Fsp3) is 0.250. The molecule has 0 radical (unpaired) electrons. The number of carbonyl (C=O) groups excluding carboxylic acids is 2. The van der Waals surface area contributed by atoms with Gasteiger partial charge in [0.15, 0.2) is 9.84 Å². The zero-order valence-electron chi connectivity index (χ0n) is 18.6. The molecule has 0 saturated carbocycles. The second-order valence-electron chi connectivity index (χ2n) is 7.99. The Balaban J connectivity index is 1.47. The van der Waals surface area contributed by atoms with Gasteiger partial charge in [-0.3, -0.25) is 14.5 Å². The second-order valence-corrected chi connectivity index (χ2v) is 10.8. The summed E-state index contributed by atoms with van der Waals surface area (Å²) in [6.07, 6.45) is 1.05. The van der Waals surface area contributed by atoms with Gasteiger partial charge in [0.25, 0.3) is 5.91 Å². The molecular weight excluding hydrogens is 477 g/mol. The van der Waals surface area contributed by atoms with Gasteiger partial charge in [-0.2, -0.15) is 11.3 Å². The monoisotopic (exact) mass is 501 g/mol. The number of carbonyl (C=O) groups is 2. The lowest BCUT2D eigenvalue weighted by molar-refractivity contribution is -0.129. The Morgan fingerprint density at radius 2 is 1.74 bits per heavy atom.